The molecule has 106 valence electrons. The lowest BCUT2D eigenvalue weighted by molar-refractivity contribution is -0.192. The Bertz CT molecular complexity index is 277. The lowest BCUT2D eigenvalue weighted by atomic mass is 10.1. The zero-order valence-electron chi connectivity index (χ0n) is 9.71. The second kappa shape index (κ2) is 7.75. The van der Waals surface area contributed by atoms with E-state index in [0.717, 1.165) is 25.9 Å². The molecule has 1 heterocycles. The van der Waals surface area contributed by atoms with Crippen molar-refractivity contribution < 1.29 is 32.6 Å². The molecule has 1 aliphatic heterocycles. The number of aliphatic carboxylic acids is 1. The lowest BCUT2D eigenvalue weighted by Crippen LogP contribution is -2.45. The fraction of sp³-hybridized carbons (Fsp3) is 0.778. The summed E-state index contributed by atoms with van der Waals surface area (Å²) in [5.41, 5.74) is 0. The number of nitrogens with one attached hydrogen (secondary N) is 2. The van der Waals surface area contributed by atoms with Gasteiger partial charge in [-0.2, -0.15) is 13.2 Å². The highest BCUT2D eigenvalue weighted by atomic mass is 19.4. The topological polar surface area (TPSA) is 87.7 Å². The molecule has 0 bridgehead atoms. The van der Waals surface area contributed by atoms with Crippen LogP contribution in [-0.2, 0) is 9.53 Å². The van der Waals surface area contributed by atoms with Crippen molar-refractivity contribution >= 4 is 12.1 Å². The Kier molecular flexibility index (Phi) is 7.10. The van der Waals surface area contributed by atoms with Gasteiger partial charge >= 0.3 is 18.2 Å². The molecule has 1 fully saturated rings. The summed E-state index contributed by atoms with van der Waals surface area (Å²) in [6.07, 6.45) is -3.25. The number of ether oxygens (including phenoxy) is 1. The van der Waals surface area contributed by atoms with E-state index in [1.165, 1.54) is 7.11 Å². The van der Waals surface area contributed by atoms with Crippen molar-refractivity contribution in [3.05, 3.63) is 0 Å². The minimum absolute atomic E-state index is 0.246. The third kappa shape index (κ3) is 7.71. The standard InChI is InChI=1S/C7H14N2O2.C2HF3O2/c1-11-7(10)9-6-3-2-4-8-5-6;3-2(4,5)1(6)7/h6,8H,2-5H2,1H3,(H,9,10);(H,6,7)/t6-;/m1./s1. The number of amides is 1. The van der Waals surface area contributed by atoms with Gasteiger partial charge < -0.3 is 20.5 Å². The molecule has 0 radical (unpaired) electrons. The van der Waals surface area contributed by atoms with E-state index < -0.39 is 12.1 Å². The fourth-order valence-corrected chi connectivity index (χ4v) is 1.20. The van der Waals surface area contributed by atoms with Crippen molar-refractivity contribution in [2.75, 3.05) is 20.2 Å². The van der Waals surface area contributed by atoms with E-state index in [0.29, 0.717) is 0 Å². The fourth-order valence-electron chi connectivity index (χ4n) is 1.20. The first kappa shape index (κ1) is 16.5. The normalized spacial score (nSPS) is 19.2. The van der Waals surface area contributed by atoms with Crippen LogP contribution in [0, 0.1) is 0 Å². The van der Waals surface area contributed by atoms with E-state index >= 15 is 0 Å². The second-order valence-electron chi connectivity index (χ2n) is 3.48. The van der Waals surface area contributed by atoms with Crippen LogP contribution in [0.15, 0.2) is 0 Å². The van der Waals surface area contributed by atoms with Crippen LogP contribution in [0.25, 0.3) is 0 Å². The van der Waals surface area contributed by atoms with Gasteiger partial charge in [-0.05, 0) is 19.4 Å². The molecule has 1 atom stereocenters. The van der Waals surface area contributed by atoms with Gasteiger partial charge in [-0.1, -0.05) is 0 Å². The highest BCUT2D eigenvalue weighted by Gasteiger charge is 2.38. The van der Waals surface area contributed by atoms with Crippen molar-refractivity contribution in [2.45, 2.75) is 25.1 Å². The first-order valence-corrected chi connectivity index (χ1v) is 5.12. The molecule has 0 saturated carbocycles. The van der Waals surface area contributed by atoms with Crippen molar-refractivity contribution in [3.8, 4) is 0 Å². The van der Waals surface area contributed by atoms with Gasteiger partial charge in [-0.25, -0.2) is 9.59 Å². The van der Waals surface area contributed by atoms with Crippen molar-refractivity contribution in [2.24, 2.45) is 0 Å². The Balaban J connectivity index is 0.000000360. The van der Waals surface area contributed by atoms with E-state index in [1.54, 1.807) is 0 Å². The number of halogens is 3. The Morgan fingerprint density at radius 1 is 1.44 bits per heavy atom. The number of rotatable bonds is 1. The maximum Gasteiger partial charge on any atom is 0.490 e. The third-order valence-electron chi connectivity index (χ3n) is 2.05. The number of carbonyl (C=O) groups excluding carboxylic acids is 1. The van der Waals surface area contributed by atoms with Gasteiger partial charge in [0.05, 0.1) is 7.11 Å². The molecule has 0 aliphatic carbocycles. The number of alkyl carbamates (subject to hydrolysis) is 1. The molecule has 6 nitrogen and oxygen atoms in total. The van der Waals surface area contributed by atoms with Crippen molar-refractivity contribution in [1.29, 1.82) is 0 Å². The summed E-state index contributed by atoms with van der Waals surface area (Å²) >= 11 is 0. The van der Waals surface area contributed by atoms with Gasteiger partial charge in [-0.3, -0.25) is 0 Å². The van der Waals surface area contributed by atoms with Crippen molar-refractivity contribution in [3.63, 3.8) is 0 Å². The van der Waals surface area contributed by atoms with Gasteiger partial charge in [0.1, 0.15) is 0 Å². The Hall–Kier alpha value is -1.51. The van der Waals surface area contributed by atoms with Crippen LogP contribution in [0.3, 0.4) is 0 Å². The average molecular weight is 272 g/mol. The van der Waals surface area contributed by atoms with E-state index in [2.05, 4.69) is 15.4 Å². The molecule has 18 heavy (non-hydrogen) atoms. The van der Waals surface area contributed by atoms with E-state index in [9.17, 15) is 18.0 Å². The zero-order valence-corrected chi connectivity index (χ0v) is 9.71. The molecule has 0 aromatic heterocycles. The van der Waals surface area contributed by atoms with Crippen LogP contribution in [0.5, 0.6) is 0 Å². The number of methoxy groups -OCH3 is 1. The zero-order chi connectivity index (χ0) is 14.2. The third-order valence-corrected chi connectivity index (χ3v) is 2.05. The molecule has 1 amide bonds. The van der Waals surface area contributed by atoms with E-state index in [4.69, 9.17) is 9.90 Å². The first-order valence-electron chi connectivity index (χ1n) is 5.12. The van der Waals surface area contributed by atoms with E-state index in [1.807, 2.05) is 0 Å². The summed E-state index contributed by atoms with van der Waals surface area (Å²) in [6, 6.07) is 0.246. The van der Waals surface area contributed by atoms with Gasteiger partial charge in [0.15, 0.2) is 0 Å². The lowest BCUT2D eigenvalue weighted by Gasteiger charge is -2.22. The van der Waals surface area contributed by atoms with Gasteiger partial charge in [-0.15, -0.1) is 0 Å². The summed E-state index contributed by atoms with van der Waals surface area (Å²) < 4.78 is 36.2. The maximum absolute atomic E-state index is 10.7. The van der Waals surface area contributed by atoms with Crippen LogP contribution in [0.4, 0.5) is 18.0 Å². The number of carbonyl (C=O) groups is 2. The first-order chi connectivity index (χ1) is 8.27. The molecule has 0 spiro atoms. The minimum atomic E-state index is -5.08. The molecular weight excluding hydrogens is 257 g/mol. The predicted molar refractivity (Wildman–Crippen MR) is 55.1 cm³/mol. The number of hydrogen-bond acceptors (Lipinski definition) is 4. The maximum atomic E-state index is 10.7. The number of alkyl halides is 3. The molecule has 0 aromatic rings. The summed E-state index contributed by atoms with van der Waals surface area (Å²) in [5, 5.41) is 13.1. The van der Waals surface area contributed by atoms with Crippen LogP contribution < -0.4 is 10.6 Å². The van der Waals surface area contributed by atoms with Crippen LogP contribution >= 0.6 is 0 Å². The number of hydrogen-bond donors (Lipinski definition) is 3. The monoisotopic (exact) mass is 272 g/mol. The largest absolute Gasteiger partial charge is 0.490 e. The van der Waals surface area contributed by atoms with Crippen molar-refractivity contribution in [1.82, 2.24) is 10.6 Å². The number of piperidine rings is 1. The average Bonchev–Trinajstić information content (AvgIpc) is 2.29. The van der Waals surface area contributed by atoms with Gasteiger partial charge in [0.25, 0.3) is 0 Å². The smallest absolute Gasteiger partial charge is 0.475 e. The van der Waals surface area contributed by atoms with Gasteiger partial charge in [0, 0.05) is 12.6 Å². The number of carboxylic acid groups (broad SMARTS) is 1. The molecular formula is C9H15F3N2O4. The van der Waals surface area contributed by atoms with Crippen LogP contribution in [0.2, 0.25) is 0 Å². The molecule has 0 unspecified atom stereocenters. The summed E-state index contributed by atoms with van der Waals surface area (Å²) in [4.78, 5) is 19.6. The summed E-state index contributed by atoms with van der Waals surface area (Å²) in [7, 11) is 1.38. The second-order valence-corrected chi connectivity index (χ2v) is 3.48. The minimum Gasteiger partial charge on any atom is -0.475 e. The Labute approximate surface area is 101 Å². The molecule has 1 saturated heterocycles. The summed E-state index contributed by atoms with van der Waals surface area (Å²) in [5.74, 6) is -2.76. The molecule has 1 aliphatic rings. The summed E-state index contributed by atoms with van der Waals surface area (Å²) in [6.45, 7) is 1.91. The Morgan fingerprint density at radius 3 is 2.33 bits per heavy atom. The Morgan fingerprint density at radius 2 is 2.00 bits per heavy atom. The SMILES string of the molecule is COC(=O)N[C@@H]1CCCNC1.O=C(O)C(F)(F)F. The van der Waals surface area contributed by atoms with Gasteiger partial charge in [0.2, 0.25) is 0 Å². The van der Waals surface area contributed by atoms with E-state index in [-0.39, 0.29) is 12.1 Å². The molecule has 1 rings (SSSR count). The molecule has 9 heteroatoms. The highest BCUT2D eigenvalue weighted by molar-refractivity contribution is 5.73. The predicted octanol–water partition coefficient (Wildman–Crippen LogP) is 0.728. The molecule has 0 aromatic carbocycles. The van der Waals surface area contributed by atoms with Crippen LogP contribution in [0.1, 0.15) is 12.8 Å². The quantitative estimate of drug-likeness (QED) is 0.655. The molecule has 3 N–H and O–H groups in total. The number of carboxylic acids is 1. The van der Waals surface area contributed by atoms with Crippen LogP contribution in [-0.4, -0.2) is 49.6 Å². The highest BCUT2D eigenvalue weighted by Crippen LogP contribution is 2.13.